The quantitative estimate of drug-likeness (QED) is 0.262. The molecule has 94 valence electrons. The Bertz CT molecular complexity index is 468. The molecular weight excluding hydrogens is 244 g/mol. The van der Waals surface area contributed by atoms with E-state index in [1.807, 2.05) is 11.5 Å². The Hall–Kier alpha value is -2.80. The van der Waals surface area contributed by atoms with Gasteiger partial charge in [0.15, 0.2) is 18.5 Å². The Kier molecular flexibility index (Phi) is 7.96. The summed E-state index contributed by atoms with van der Waals surface area (Å²) in [5.41, 5.74) is 3.83. The van der Waals surface area contributed by atoms with Crippen molar-refractivity contribution in [3.63, 3.8) is 0 Å². The molecule has 0 fully saturated rings. The van der Waals surface area contributed by atoms with Crippen molar-refractivity contribution in [3.8, 4) is 0 Å². The van der Waals surface area contributed by atoms with Gasteiger partial charge in [-0.15, -0.1) is 0 Å². The topological polar surface area (TPSA) is 96.0 Å². The van der Waals surface area contributed by atoms with Gasteiger partial charge in [0.25, 0.3) is 0 Å². The van der Waals surface area contributed by atoms with Crippen molar-refractivity contribution in [1.29, 1.82) is 0 Å². The standard InChI is InChI=1S/C11H8O7/c1-16-10(14)8-18-11(15)9(4-2-5-12)17-7-3-6-13/h4,7,9H,8H2,1H3. The number of ether oxygens (including phenoxy) is 3. The third-order valence-electron chi connectivity index (χ3n) is 1.42. The van der Waals surface area contributed by atoms with Crippen LogP contribution in [0.4, 0.5) is 0 Å². The predicted octanol–water partition coefficient (Wildman–Crippen LogP) is -0.869. The van der Waals surface area contributed by atoms with Crippen molar-refractivity contribution >= 4 is 23.8 Å². The van der Waals surface area contributed by atoms with Gasteiger partial charge in [-0.2, -0.15) is 0 Å². The van der Waals surface area contributed by atoms with Crippen LogP contribution in [0.2, 0.25) is 0 Å². The number of carbonyl (C=O) groups excluding carboxylic acids is 4. The smallest absolute Gasteiger partial charge is 0.352 e. The highest BCUT2D eigenvalue weighted by molar-refractivity contribution is 5.80. The maximum absolute atomic E-state index is 11.4. The average Bonchev–Trinajstić information content (AvgIpc) is 2.39. The highest BCUT2D eigenvalue weighted by Gasteiger charge is 2.19. The van der Waals surface area contributed by atoms with Crippen LogP contribution in [0.3, 0.4) is 0 Å². The van der Waals surface area contributed by atoms with Gasteiger partial charge in [-0.1, -0.05) is 0 Å². The van der Waals surface area contributed by atoms with Gasteiger partial charge in [-0.25, -0.2) is 19.2 Å². The molecule has 0 aromatic rings. The van der Waals surface area contributed by atoms with E-state index in [0.717, 1.165) is 19.4 Å². The summed E-state index contributed by atoms with van der Waals surface area (Å²) < 4.78 is 13.4. The van der Waals surface area contributed by atoms with E-state index >= 15 is 0 Å². The summed E-state index contributed by atoms with van der Waals surface area (Å²) in [6.07, 6.45) is 0.285. The first kappa shape index (κ1) is 15.2. The van der Waals surface area contributed by atoms with E-state index < -0.39 is 24.6 Å². The molecule has 0 aromatic heterocycles. The molecule has 0 amide bonds. The van der Waals surface area contributed by atoms with Crippen LogP contribution in [0.1, 0.15) is 0 Å². The molecule has 0 heterocycles. The van der Waals surface area contributed by atoms with Crippen LogP contribution in [-0.2, 0) is 33.4 Å². The molecule has 0 aliphatic heterocycles. The highest BCUT2D eigenvalue weighted by Crippen LogP contribution is 1.98. The highest BCUT2D eigenvalue weighted by atomic mass is 16.6. The van der Waals surface area contributed by atoms with E-state index in [1.54, 1.807) is 0 Å². The van der Waals surface area contributed by atoms with Gasteiger partial charge in [0, 0.05) is 11.8 Å². The zero-order valence-corrected chi connectivity index (χ0v) is 9.30. The Morgan fingerprint density at radius 2 is 1.89 bits per heavy atom. The van der Waals surface area contributed by atoms with Gasteiger partial charge in [0.05, 0.1) is 7.11 Å². The van der Waals surface area contributed by atoms with Crippen LogP contribution < -0.4 is 0 Å². The van der Waals surface area contributed by atoms with Crippen LogP contribution in [0.25, 0.3) is 0 Å². The number of methoxy groups -OCH3 is 1. The first-order chi connectivity index (χ1) is 8.65. The lowest BCUT2D eigenvalue weighted by Gasteiger charge is -2.09. The molecule has 0 bridgehead atoms. The predicted molar refractivity (Wildman–Crippen MR) is 55.4 cm³/mol. The van der Waals surface area contributed by atoms with Crippen LogP contribution in [0.5, 0.6) is 0 Å². The van der Waals surface area contributed by atoms with Crippen molar-refractivity contribution < 1.29 is 33.4 Å². The summed E-state index contributed by atoms with van der Waals surface area (Å²) in [5.74, 6) is 0.789. The lowest BCUT2D eigenvalue weighted by atomic mass is 10.3. The van der Waals surface area contributed by atoms with Gasteiger partial charge in [0.2, 0.25) is 6.10 Å². The summed E-state index contributed by atoms with van der Waals surface area (Å²) in [4.78, 5) is 41.8. The van der Waals surface area contributed by atoms with E-state index in [4.69, 9.17) is 4.74 Å². The Labute approximate surface area is 102 Å². The fraction of sp³-hybridized carbons (Fsp3) is 0.273. The molecule has 0 rings (SSSR count). The summed E-state index contributed by atoms with van der Waals surface area (Å²) in [6.45, 7) is -0.610. The monoisotopic (exact) mass is 252 g/mol. The van der Waals surface area contributed by atoms with Crippen LogP contribution >= 0.6 is 0 Å². The van der Waals surface area contributed by atoms with Gasteiger partial charge in [0.1, 0.15) is 6.26 Å². The number of hydrogen-bond acceptors (Lipinski definition) is 7. The molecule has 0 aliphatic carbocycles. The zero-order valence-electron chi connectivity index (χ0n) is 9.30. The molecule has 0 saturated heterocycles. The van der Waals surface area contributed by atoms with Gasteiger partial charge < -0.3 is 14.2 Å². The summed E-state index contributed by atoms with van der Waals surface area (Å²) in [7, 11) is 1.12. The molecule has 1 unspecified atom stereocenters. The van der Waals surface area contributed by atoms with Crippen molar-refractivity contribution in [2.45, 2.75) is 6.10 Å². The Morgan fingerprint density at radius 1 is 1.22 bits per heavy atom. The molecule has 0 saturated carbocycles. The Balaban J connectivity index is 4.64. The fourth-order valence-corrected chi connectivity index (χ4v) is 0.675. The molecule has 0 aromatic carbocycles. The second-order valence-electron chi connectivity index (χ2n) is 2.52. The minimum Gasteiger partial charge on any atom is -0.473 e. The molecular formula is C11H8O7. The van der Waals surface area contributed by atoms with Gasteiger partial charge in [-0.05, 0) is 5.73 Å². The van der Waals surface area contributed by atoms with Gasteiger partial charge >= 0.3 is 11.9 Å². The third kappa shape index (κ3) is 6.64. The number of rotatable bonds is 6. The molecule has 7 heteroatoms. The summed E-state index contributed by atoms with van der Waals surface area (Å²) >= 11 is 0. The van der Waals surface area contributed by atoms with Crippen molar-refractivity contribution in [3.05, 3.63) is 23.8 Å². The molecule has 0 radical (unpaired) electrons. The molecule has 0 spiro atoms. The summed E-state index contributed by atoms with van der Waals surface area (Å²) in [6, 6.07) is 0. The van der Waals surface area contributed by atoms with E-state index in [9.17, 15) is 19.2 Å². The summed E-state index contributed by atoms with van der Waals surface area (Å²) in [5, 5.41) is 0. The van der Waals surface area contributed by atoms with Crippen molar-refractivity contribution in [1.82, 2.24) is 0 Å². The maximum Gasteiger partial charge on any atom is 0.352 e. The van der Waals surface area contributed by atoms with E-state index in [-0.39, 0.29) is 0 Å². The third-order valence-corrected chi connectivity index (χ3v) is 1.42. The van der Waals surface area contributed by atoms with Crippen LogP contribution in [-0.4, -0.2) is 43.6 Å². The average molecular weight is 252 g/mol. The molecule has 18 heavy (non-hydrogen) atoms. The van der Waals surface area contributed by atoms with E-state index in [0.29, 0.717) is 0 Å². The van der Waals surface area contributed by atoms with Crippen molar-refractivity contribution in [2.75, 3.05) is 13.7 Å². The maximum atomic E-state index is 11.4. The second-order valence-corrected chi connectivity index (χ2v) is 2.52. The first-order valence-corrected chi connectivity index (χ1v) is 4.45. The SMILES string of the molecule is COC(=O)COC(=O)C(C=C=C=O)OC=C=C=O. The van der Waals surface area contributed by atoms with Crippen molar-refractivity contribution in [2.24, 2.45) is 0 Å². The molecule has 7 nitrogen and oxygen atoms in total. The molecule has 0 aliphatic rings. The fourth-order valence-electron chi connectivity index (χ4n) is 0.675. The lowest BCUT2D eigenvalue weighted by molar-refractivity contribution is -0.161. The lowest BCUT2D eigenvalue weighted by Crippen LogP contribution is -2.25. The molecule has 0 N–H and O–H groups in total. The van der Waals surface area contributed by atoms with Crippen LogP contribution in [0.15, 0.2) is 23.8 Å². The minimum atomic E-state index is -1.36. The first-order valence-electron chi connectivity index (χ1n) is 4.45. The van der Waals surface area contributed by atoms with Gasteiger partial charge in [-0.3, -0.25) is 0 Å². The Morgan fingerprint density at radius 3 is 2.44 bits per heavy atom. The minimum absolute atomic E-state index is 0.610. The zero-order chi connectivity index (χ0) is 13.8. The molecule has 1 atom stereocenters. The number of hydrogen-bond donors (Lipinski definition) is 0. The van der Waals surface area contributed by atoms with E-state index in [1.165, 1.54) is 11.9 Å². The largest absolute Gasteiger partial charge is 0.473 e. The second kappa shape index (κ2) is 9.43. The normalized spacial score (nSPS) is 9.39. The van der Waals surface area contributed by atoms with Crippen LogP contribution in [0, 0.1) is 0 Å². The number of carbonyl (C=O) groups is 2. The van der Waals surface area contributed by atoms with E-state index in [2.05, 4.69) is 9.47 Å². The number of esters is 2.